The van der Waals surface area contributed by atoms with Gasteiger partial charge in [-0.1, -0.05) is 12.1 Å². The Kier molecular flexibility index (Phi) is 4.20. The van der Waals surface area contributed by atoms with Crippen molar-refractivity contribution in [1.82, 2.24) is 4.98 Å². The Morgan fingerprint density at radius 1 is 1.16 bits per heavy atom. The van der Waals surface area contributed by atoms with Crippen molar-refractivity contribution in [2.45, 2.75) is 6.42 Å². The van der Waals surface area contributed by atoms with Crippen molar-refractivity contribution in [3.63, 3.8) is 0 Å². The number of benzene rings is 1. The lowest BCUT2D eigenvalue weighted by Gasteiger charge is -2.08. The number of nitrogen functional groups attached to an aromatic ring is 1. The third-order valence-electron chi connectivity index (χ3n) is 2.60. The van der Waals surface area contributed by atoms with Crippen LogP contribution in [0.15, 0.2) is 36.4 Å². The monoisotopic (exact) mass is 260 g/mol. The number of aliphatic hydroxyl groups is 1. The van der Waals surface area contributed by atoms with Crippen LogP contribution in [0.2, 0.25) is 0 Å². The van der Waals surface area contributed by atoms with E-state index in [1.807, 2.05) is 24.3 Å². The molecule has 0 aliphatic rings. The van der Waals surface area contributed by atoms with E-state index in [4.69, 9.17) is 20.3 Å². The van der Waals surface area contributed by atoms with Crippen LogP contribution in [0.3, 0.4) is 0 Å². The summed E-state index contributed by atoms with van der Waals surface area (Å²) in [5.41, 5.74) is 7.20. The Balaban J connectivity index is 2.12. The van der Waals surface area contributed by atoms with Crippen LogP contribution >= 0.6 is 0 Å². The fraction of sp³-hybridized carbons (Fsp3) is 0.214. The molecule has 19 heavy (non-hydrogen) atoms. The SMILES string of the molecule is COc1nc(Oc2ccc(CCO)cc2)ccc1N. The van der Waals surface area contributed by atoms with Gasteiger partial charge in [0, 0.05) is 12.7 Å². The van der Waals surface area contributed by atoms with Gasteiger partial charge in [-0.3, -0.25) is 0 Å². The van der Waals surface area contributed by atoms with E-state index in [2.05, 4.69) is 4.98 Å². The van der Waals surface area contributed by atoms with E-state index in [-0.39, 0.29) is 6.61 Å². The average molecular weight is 260 g/mol. The summed E-state index contributed by atoms with van der Waals surface area (Å²) < 4.78 is 10.6. The molecule has 0 unspecified atom stereocenters. The zero-order valence-electron chi connectivity index (χ0n) is 10.7. The number of hydrogen-bond donors (Lipinski definition) is 2. The maximum atomic E-state index is 8.84. The second-order valence-electron chi connectivity index (χ2n) is 3.97. The van der Waals surface area contributed by atoms with Gasteiger partial charge in [0.2, 0.25) is 11.8 Å². The van der Waals surface area contributed by atoms with E-state index in [1.54, 1.807) is 12.1 Å². The van der Waals surface area contributed by atoms with Gasteiger partial charge >= 0.3 is 0 Å². The number of nitrogens with zero attached hydrogens (tertiary/aromatic N) is 1. The summed E-state index contributed by atoms with van der Waals surface area (Å²) in [4.78, 5) is 4.14. The second-order valence-corrected chi connectivity index (χ2v) is 3.97. The number of methoxy groups -OCH3 is 1. The second kappa shape index (κ2) is 6.06. The summed E-state index contributed by atoms with van der Waals surface area (Å²) in [5, 5.41) is 8.84. The van der Waals surface area contributed by atoms with Gasteiger partial charge in [0.05, 0.1) is 12.8 Å². The molecule has 2 rings (SSSR count). The van der Waals surface area contributed by atoms with Crippen molar-refractivity contribution >= 4 is 5.69 Å². The highest BCUT2D eigenvalue weighted by Crippen LogP contribution is 2.25. The molecule has 0 saturated heterocycles. The fourth-order valence-electron chi connectivity index (χ4n) is 1.63. The van der Waals surface area contributed by atoms with Gasteiger partial charge in [-0.2, -0.15) is 4.98 Å². The molecule has 3 N–H and O–H groups in total. The Hall–Kier alpha value is -2.27. The predicted octanol–water partition coefficient (Wildman–Crippen LogP) is 2.00. The number of hydrogen-bond acceptors (Lipinski definition) is 5. The van der Waals surface area contributed by atoms with Crippen molar-refractivity contribution in [3.8, 4) is 17.5 Å². The van der Waals surface area contributed by atoms with Gasteiger partial charge in [-0.15, -0.1) is 0 Å². The molecule has 0 aliphatic heterocycles. The molecule has 5 heteroatoms. The molecule has 0 fully saturated rings. The number of anilines is 1. The third kappa shape index (κ3) is 3.35. The highest BCUT2D eigenvalue weighted by atomic mass is 16.5. The molecule has 0 spiro atoms. The topological polar surface area (TPSA) is 77.6 Å². The van der Waals surface area contributed by atoms with E-state index in [1.165, 1.54) is 7.11 Å². The Morgan fingerprint density at radius 2 is 1.89 bits per heavy atom. The van der Waals surface area contributed by atoms with Gasteiger partial charge in [0.25, 0.3) is 0 Å². The average Bonchev–Trinajstić information content (AvgIpc) is 2.43. The minimum atomic E-state index is 0.136. The molecule has 0 saturated carbocycles. The highest BCUT2D eigenvalue weighted by molar-refractivity contribution is 5.49. The van der Waals surface area contributed by atoms with E-state index in [9.17, 15) is 0 Å². The molecule has 2 aromatic rings. The number of pyridine rings is 1. The van der Waals surface area contributed by atoms with Crippen LogP contribution in [0.4, 0.5) is 5.69 Å². The predicted molar refractivity (Wildman–Crippen MR) is 72.5 cm³/mol. The smallest absolute Gasteiger partial charge is 0.240 e. The zero-order chi connectivity index (χ0) is 13.7. The summed E-state index contributed by atoms with van der Waals surface area (Å²) in [6.45, 7) is 0.136. The molecule has 1 aromatic heterocycles. The molecule has 100 valence electrons. The summed E-state index contributed by atoms with van der Waals surface area (Å²) in [7, 11) is 1.51. The summed E-state index contributed by atoms with van der Waals surface area (Å²) >= 11 is 0. The first-order valence-electron chi connectivity index (χ1n) is 5.91. The van der Waals surface area contributed by atoms with Crippen molar-refractivity contribution in [2.24, 2.45) is 0 Å². The van der Waals surface area contributed by atoms with Crippen molar-refractivity contribution < 1.29 is 14.6 Å². The maximum absolute atomic E-state index is 8.84. The molecular formula is C14H16N2O3. The van der Waals surface area contributed by atoms with Crippen LogP contribution in [-0.4, -0.2) is 23.8 Å². The molecule has 0 bridgehead atoms. The number of rotatable bonds is 5. The molecule has 0 amide bonds. The zero-order valence-corrected chi connectivity index (χ0v) is 10.7. The first kappa shape index (κ1) is 13.2. The van der Waals surface area contributed by atoms with E-state index in [0.29, 0.717) is 29.6 Å². The summed E-state index contributed by atoms with van der Waals surface area (Å²) in [5.74, 6) is 1.43. The van der Waals surface area contributed by atoms with Crippen LogP contribution < -0.4 is 15.2 Å². The standard InChI is InChI=1S/C14H16N2O3/c1-18-14-12(15)6-7-13(16-14)19-11-4-2-10(3-5-11)8-9-17/h2-7,17H,8-9,15H2,1H3. The molecular weight excluding hydrogens is 244 g/mol. The molecule has 0 radical (unpaired) electrons. The first-order chi connectivity index (χ1) is 9.22. The van der Waals surface area contributed by atoms with Crippen LogP contribution in [0.5, 0.6) is 17.5 Å². The normalized spacial score (nSPS) is 10.2. The molecule has 5 nitrogen and oxygen atoms in total. The van der Waals surface area contributed by atoms with Crippen molar-refractivity contribution in [1.29, 1.82) is 0 Å². The maximum Gasteiger partial charge on any atom is 0.240 e. The minimum Gasteiger partial charge on any atom is -0.479 e. The largest absolute Gasteiger partial charge is 0.479 e. The minimum absolute atomic E-state index is 0.136. The Morgan fingerprint density at radius 3 is 2.53 bits per heavy atom. The number of ether oxygens (including phenoxy) is 2. The molecule has 1 heterocycles. The van der Waals surface area contributed by atoms with Gasteiger partial charge in [0.15, 0.2) is 0 Å². The highest BCUT2D eigenvalue weighted by Gasteiger charge is 2.05. The number of aliphatic hydroxyl groups excluding tert-OH is 1. The van der Waals surface area contributed by atoms with Crippen LogP contribution in [-0.2, 0) is 6.42 Å². The molecule has 1 aromatic carbocycles. The fourth-order valence-corrected chi connectivity index (χ4v) is 1.63. The lowest BCUT2D eigenvalue weighted by Crippen LogP contribution is -1.97. The van der Waals surface area contributed by atoms with Gasteiger partial charge in [-0.05, 0) is 30.2 Å². The number of aromatic nitrogens is 1. The first-order valence-corrected chi connectivity index (χ1v) is 5.91. The molecule has 0 aliphatic carbocycles. The van der Waals surface area contributed by atoms with E-state index in [0.717, 1.165) is 5.56 Å². The molecule has 0 atom stereocenters. The van der Waals surface area contributed by atoms with Crippen molar-refractivity contribution in [2.75, 3.05) is 19.5 Å². The third-order valence-corrected chi connectivity index (χ3v) is 2.60. The van der Waals surface area contributed by atoms with Crippen LogP contribution in [0.1, 0.15) is 5.56 Å². The van der Waals surface area contributed by atoms with Crippen molar-refractivity contribution in [3.05, 3.63) is 42.0 Å². The summed E-state index contributed by atoms with van der Waals surface area (Å²) in [6, 6.07) is 10.8. The Labute approximate surface area is 111 Å². The van der Waals surface area contributed by atoms with Gasteiger partial charge in [0.1, 0.15) is 5.75 Å². The number of nitrogens with two attached hydrogens (primary N) is 1. The quantitative estimate of drug-likeness (QED) is 0.859. The van der Waals surface area contributed by atoms with Crippen LogP contribution in [0, 0.1) is 0 Å². The summed E-state index contributed by atoms with van der Waals surface area (Å²) in [6.07, 6.45) is 0.633. The van der Waals surface area contributed by atoms with E-state index < -0.39 is 0 Å². The van der Waals surface area contributed by atoms with E-state index >= 15 is 0 Å². The lowest BCUT2D eigenvalue weighted by atomic mass is 10.1. The van der Waals surface area contributed by atoms with Crippen LogP contribution in [0.25, 0.3) is 0 Å². The van der Waals surface area contributed by atoms with Gasteiger partial charge < -0.3 is 20.3 Å². The van der Waals surface area contributed by atoms with Gasteiger partial charge in [-0.25, -0.2) is 0 Å². The Bertz CT molecular complexity index is 541. The lowest BCUT2D eigenvalue weighted by molar-refractivity contribution is 0.299.